The fourth-order valence-electron chi connectivity index (χ4n) is 1.13. The molecular formula is C11H11Cl2NO6. The Bertz CT molecular complexity index is 419. The van der Waals surface area contributed by atoms with Gasteiger partial charge >= 0.3 is 12.3 Å². The van der Waals surface area contributed by atoms with E-state index in [1.807, 2.05) is 0 Å². The molecule has 1 aromatic heterocycles. The SMILES string of the molecule is O=C(OCCl)OCc1cccc(COC(=O)OCCl)n1. The average Bonchev–Trinajstić information content (AvgIpc) is 2.44. The topological polar surface area (TPSA) is 84.0 Å². The number of nitrogens with zero attached hydrogens (tertiary/aromatic N) is 1. The van der Waals surface area contributed by atoms with E-state index in [-0.39, 0.29) is 25.3 Å². The Morgan fingerprint density at radius 3 is 1.75 bits per heavy atom. The van der Waals surface area contributed by atoms with Gasteiger partial charge in [-0.25, -0.2) is 9.59 Å². The van der Waals surface area contributed by atoms with Crippen LogP contribution in [0, 0.1) is 0 Å². The van der Waals surface area contributed by atoms with Gasteiger partial charge < -0.3 is 18.9 Å². The third-order valence-corrected chi connectivity index (χ3v) is 2.10. The van der Waals surface area contributed by atoms with Crippen LogP contribution in [0.2, 0.25) is 0 Å². The second kappa shape index (κ2) is 9.22. The van der Waals surface area contributed by atoms with Gasteiger partial charge in [0.2, 0.25) is 0 Å². The molecule has 0 aromatic carbocycles. The molecule has 110 valence electrons. The lowest BCUT2D eigenvalue weighted by molar-refractivity contribution is 0.0596. The molecule has 1 aromatic rings. The number of ether oxygens (including phenoxy) is 4. The average molecular weight is 324 g/mol. The van der Waals surface area contributed by atoms with E-state index in [0.29, 0.717) is 11.4 Å². The Morgan fingerprint density at radius 2 is 1.35 bits per heavy atom. The minimum Gasteiger partial charge on any atom is -0.428 e. The quantitative estimate of drug-likeness (QED) is 0.587. The first-order valence-corrected chi connectivity index (χ1v) is 6.38. The molecule has 1 rings (SSSR count). The minimum atomic E-state index is -0.894. The van der Waals surface area contributed by atoms with Crippen LogP contribution >= 0.6 is 23.2 Å². The molecule has 0 saturated carbocycles. The van der Waals surface area contributed by atoms with Crippen molar-refractivity contribution in [2.75, 3.05) is 12.1 Å². The highest BCUT2D eigenvalue weighted by molar-refractivity contribution is 6.17. The number of hydrogen-bond donors (Lipinski definition) is 0. The summed E-state index contributed by atoms with van der Waals surface area (Å²) in [6, 6.07) is 4.36. The monoisotopic (exact) mass is 323 g/mol. The number of carbonyl (C=O) groups is 2. The van der Waals surface area contributed by atoms with Crippen molar-refractivity contribution in [1.82, 2.24) is 4.98 Å². The molecule has 0 aliphatic carbocycles. The molecule has 9 heteroatoms. The zero-order valence-corrected chi connectivity index (χ0v) is 11.7. The summed E-state index contributed by atoms with van der Waals surface area (Å²) in [7, 11) is 0. The fourth-order valence-corrected chi connectivity index (χ4v) is 1.31. The van der Waals surface area contributed by atoms with Gasteiger partial charge in [0, 0.05) is 0 Å². The first-order chi connectivity index (χ1) is 9.65. The molecule has 0 unspecified atom stereocenters. The highest BCUT2D eigenvalue weighted by atomic mass is 35.5. The van der Waals surface area contributed by atoms with Crippen molar-refractivity contribution in [2.45, 2.75) is 13.2 Å². The Hall–Kier alpha value is -1.73. The van der Waals surface area contributed by atoms with Crippen molar-refractivity contribution < 1.29 is 28.5 Å². The summed E-state index contributed by atoms with van der Waals surface area (Å²) in [5, 5.41) is 0. The second-order valence-electron chi connectivity index (χ2n) is 3.20. The van der Waals surface area contributed by atoms with Crippen LogP contribution in [0.15, 0.2) is 18.2 Å². The Kier molecular flexibility index (Phi) is 7.52. The molecule has 0 bridgehead atoms. The summed E-state index contributed by atoms with van der Waals surface area (Å²) >= 11 is 10.4. The van der Waals surface area contributed by atoms with Crippen LogP contribution in [0.5, 0.6) is 0 Å². The minimum absolute atomic E-state index is 0.0876. The maximum Gasteiger partial charge on any atom is 0.509 e. The number of pyridine rings is 1. The van der Waals surface area contributed by atoms with Gasteiger partial charge in [0.1, 0.15) is 13.2 Å². The van der Waals surface area contributed by atoms with Crippen LogP contribution in [-0.4, -0.2) is 29.4 Å². The molecule has 0 N–H and O–H groups in total. The number of halogens is 2. The van der Waals surface area contributed by atoms with Gasteiger partial charge in [0.15, 0.2) is 12.1 Å². The van der Waals surface area contributed by atoms with Gasteiger partial charge in [0.25, 0.3) is 0 Å². The van der Waals surface area contributed by atoms with E-state index in [1.165, 1.54) is 0 Å². The normalized spacial score (nSPS) is 9.70. The van der Waals surface area contributed by atoms with Crippen molar-refractivity contribution in [1.29, 1.82) is 0 Å². The predicted octanol–water partition coefficient (Wildman–Crippen LogP) is 2.78. The zero-order valence-electron chi connectivity index (χ0n) is 10.2. The molecule has 0 radical (unpaired) electrons. The largest absolute Gasteiger partial charge is 0.509 e. The van der Waals surface area contributed by atoms with E-state index in [2.05, 4.69) is 14.5 Å². The first kappa shape index (κ1) is 16.3. The number of carbonyl (C=O) groups excluding carboxylic acids is 2. The Morgan fingerprint density at radius 1 is 0.900 bits per heavy atom. The van der Waals surface area contributed by atoms with Crippen LogP contribution in [0.3, 0.4) is 0 Å². The lowest BCUT2D eigenvalue weighted by Crippen LogP contribution is -2.09. The first-order valence-electron chi connectivity index (χ1n) is 5.31. The number of rotatable bonds is 6. The van der Waals surface area contributed by atoms with Gasteiger partial charge in [-0.2, -0.15) is 0 Å². The summed E-state index contributed by atoms with van der Waals surface area (Å²) in [5.74, 6) is 0. The highest BCUT2D eigenvalue weighted by Crippen LogP contribution is 2.04. The molecule has 0 fully saturated rings. The number of aromatic nitrogens is 1. The van der Waals surface area contributed by atoms with Gasteiger partial charge in [-0.05, 0) is 12.1 Å². The summed E-state index contributed by atoms with van der Waals surface area (Å²) in [6.45, 7) is -0.175. The summed E-state index contributed by atoms with van der Waals surface area (Å²) in [5.41, 5.74) is 0.923. The van der Waals surface area contributed by atoms with Crippen molar-refractivity contribution >= 4 is 35.5 Å². The fraction of sp³-hybridized carbons (Fsp3) is 0.364. The van der Waals surface area contributed by atoms with Crippen LogP contribution in [0.1, 0.15) is 11.4 Å². The lowest BCUT2D eigenvalue weighted by atomic mass is 10.3. The molecule has 0 spiro atoms. The Labute approximate surface area is 124 Å². The van der Waals surface area contributed by atoms with Crippen LogP contribution < -0.4 is 0 Å². The van der Waals surface area contributed by atoms with Crippen molar-refractivity contribution in [2.24, 2.45) is 0 Å². The van der Waals surface area contributed by atoms with E-state index in [0.717, 1.165) is 0 Å². The number of hydrogen-bond acceptors (Lipinski definition) is 7. The molecule has 20 heavy (non-hydrogen) atoms. The molecule has 0 aliphatic rings. The standard InChI is InChI=1S/C11H11Cl2NO6/c12-6-19-10(15)17-4-8-2-1-3-9(14-8)5-18-11(16)20-7-13/h1-3H,4-7H2. The highest BCUT2D eigenvalue weighted by Gasteiger charge is 2.07. The molecule has 1 heterocycles. The van der Waals surface area contributed by atoms with Crippen LogP contribution in [0.25, 0.3) is 0 Å². The van der Waals surface area contributed by atoms with Crippen molar-refractivity contribution in [3.8, 4) is 0 Å². The molecule has 7 nitrogen and oxygen atoms in total. The third-order valence-electron chi connectivity index (χ3n) is 1.89. The Balaban J connectivity index is 2.45. The summed E-state index contributed by atoms with van der Waals surface area (Å²) in [6.07, 6.45) is -1.79. The van der Waals surface area contributed by atoms with Crippen molar-refractivity contribution in [3.63, 3.8) is 0 Å². The van der Waals surface area contributed by atoms with Gasteiger partial charge in [0.05, 0.1) is 11.4 Å². The molecule has 0 aliphatic heterocycles. The molecule has 0 amide bonds. The summed E-state index contributed by atoms with van der Waals surface area (Å²) < 4.78 is 18.2. The lowest BCUT2D eigenvalue weighted by Gasteiger charge is -2.06. The smallest absolute Gasteiger partial charge is 0.428 e. The third kappa shape index (κ3) is 6.44. The summed E-state index contributed by atoms with van der Waals surface area (Å²) in [4.78, 5) is 26.0. The molecule has 0 atom stereocenters. The maximum absolute atomic E-state index is 10.9. The second-order valence-corrected chi connectivity index (χ2v) is 3.64. The van der Waals surface area contributed by atoms with E-state index >= 15 is 0 Å². The zero-order chi connectivity index (χ0) is 14.8. The number of alkyl halides is 2. The van der Waals surface area contributed by atoms with Crippen LogP contribution in [0.4, 0.5) is 9.59 Å². The van der Waals surface area contributed by atoms with E-state index in [1.54, 1.807) is 18.2 Å². The molecule has 0 saturated heterocycles. The maximum atomic E-state index is 10.9. The van der Waals surface area contributed by atoms with Gasteiger partial charge in [-0.3, -0.25) is 4.98 Å². The van der Waals surface area contributed by atoms with Gasteiger partial charge in [-0.15, -0.1) is 0 Å². The van der Waals surface area contributed by atoms with E-state index in [4.69, 9.17) is 32.7 Å². The van der Waals surface area contributed by atoms with E-state index in [9.17, 15) is 9.59 Å². The van der Waals surface area contributed by atoms with E-state index < -0.39 is 12.3 Å². The predicted molar refractivity (Wildman–Crippen MR) is 68.2 cm³/mol. The van der Waals surface area contributed by atoms with Crippen LogP contribution in [-0.2, 0) is 32.2 Å². The van der Waals surface area contributed by atoms with Crippen molar-refractivity contribution in [3.05, 3.63) is 29.6 Å². The molecular weight excluding hydrogens is 313 g/mol. The van der Waals surface area contributed by atoms with Gasteiger partial charge in [-0.1, -0.05) is 29.3 Å².